The fourth-order valence-electron chi connectivity index (χ4n) is 3.06. The van der Waals surface area contributed by atoms with Crippen LogP contribution >= 0.6 is 0 Å². The van der Waals surface area contributed by atoms with Gasteiger partial charge in [0.15, 0.2) is 11.5 Å². The molecule has 0 saturated carbocycles. The van der Waals surface area contributed by atoms with Gasteiger partial charge in [0.1, 0.15) is 0 Å². The number of carbonyl (C=O) groups is 1. The van der Waals surface area contributed by atoms with E-state index in [4.69, 9.17) is 5.11 Å². The number of pyridine rings is 1. The third kappa shape index (κ3) is 2.90. The first-order chi connectivity index (χ1) is 10.2. The Hall–Kier alpha value is -1.95. The zero-order valence-electron chi connectivity index (χ0n) is 12.2. The summed E-state index contributed by atoms with van der Waals surface area (Å²) in [5.74, 6) is -0.152. The second-order valence-electron chi connectivity index (χ2n) is 5.54. The minimum Gasteiger partial charge on any atom is -0.478 e. The average Bonchev–Trinajstić information content (AvgIpc) is 2.89. The Balaban J connectivity index is 1.82. The molecule has 0 bridgehead atoms. The maximum absolute atomic E-state index is 11.0. The molecule has 3 heterocycles. The van der Waals surface area contributed by atoms with Crippen molar-refractivity contribution in [2.45, 2.75) is 38.6 Å². The molecule has 2 aromatic heterocycles. The molecule has 112 valence electrons. The normalized spacial score (nSPS) is 20.0. The fraction of sp³-hybridized carbons (Fsp3) is 0.533. The van der Waals surface area contributed by atoms with Gasteiger partial charge in [-0.05, 0) is 38.1 Å². The van der Waals surface area contributed by atoms with E-state index in [1.807, 2.05) is 0 Å². The van der Waals surface area contributed by atoms with Crippen LogP contribution in [0.5, 0.6) is 0 Å². The minimum absolute atomic E-state index is 0.229. The van der Waals surface area contributed by atoms with Gasteiger partial charge in [-0.25, -0.2) is 14.3 Å². The van der Waals surface area contributed by atoms with Crippen molar-refractivity contribution >= 4 is 11.6 Å². The van der Waals surface area contributed by atoms with Gasteiger partial charge in [-0.1, -0.05) is 13.3 Å². The Morgan fingerprint density at radius 2 is 2.29 bits per heavy atom. The number of aromatic nitrogens is 3. The molecule has 6 heteroatoms. The number of aromatic carboxylic acids is 1. The van der Waals surface area contributed by atoms with Crippen molar-refractivity contribution in [3.8, 4) is 0 Å². The summed E-state index contributed by atoms with van der Waals surface area (Å²) >= 11 is 0. The van der Waals surface area contributed by atoms with E-state index in [0.717, 1.165) is 25.3 Å². The second-order valence-corrected chi connectivity index (χ2v) is 5.54. The van der Waals surface area contributed by atoms with Gasteiger partial charge in [-0.3, -0.25) is 0 Å². The van der Waals surface area contributed by atoms with Gasteiger partial charge in [0, 0.05) is 18.7 Å². The predicted molar refractivity (Wildman–Crippen MR) is 78.5 cm³/mol. The molecule has 0 spiro atoms. The molecule has 6 nitrogen and oxygen atoms in total. The van der Waals surface area contributed by atoms with Gasteiger partial charge < -0.3 is 10.0 Å². The molecule has 1 fully saturated rings. The number of likely N-dealkylation sites (N-methyl/N-ethyl adjacent to an activating group) is 1. The zero-order valence-corrected chi connectivity index (χ0v) is 12.2. The van der Waals surface area contributed by atoms with Crippen LogP contribution in [0.15, 0.2) is 18.3 Å². The number of hydrogen-bond acceptors (Lipinski definition) is 4. The molecule has 21 heavy (non-hydrogen) atoms. The van der Waals surface area contributed by atoms with E-state index in [1.54, 1.807) is 16.6 Å². The van der Waals surface area contributed by atoms with Crippen LogP contribution in [0.4, 0.5) is 0 Å². The molecular weight excluding hydrogens is 268 g/mol. The summed E-state index contributed by atoms with van der Waals surface area (Å²) in [6.07, 6.45) is 6.07. The summed E-state index contributed by atoms with van der Waals surface area (Å²) in [5.41, 5.74) is 0.931. The van der Waals surface area contributed by atoms with Crippen LogP contribution in [-0.2, 0) is 6.42 Å². The van der Waals surface area contributed by atoms with E-state index < -0.39 is 5.97 Å². The largest absolute Gasteiger partial charge is 0.478 e. The first kappa shape index (κ1) is 14.0. The molecule has 1 unspecified atom stereocenters. The molecule has 1 aliphatic rings. The van der Waals surface area contributed by atoms with E-state index >= 15 is 0 Å². The van der Waals surface area contributed by atoms with Gasteiger partial charge in [0.2, 0.25) is 0 Å². The van der Waals surface area contributed by atoms with Crippen molar-refractivity contribution in [2.75, 3.05) is 13.1 Å². The van der Waals surface area contributed by atoms with Crippen LogP contribution in [-0.4, -0.2) is 49.7 Å². The SMILES string of the molecule is CCN1CCCCC1Cc1nc2ccc(C(=O)O)cn2n1. The average molecular weight is 288 g/mol. The highest BCUT2D eigenvalue weighted by molar-refractivity contribution is 5.87. The van der Waals surface area contributed by atoms with Gasteiger partial charge in [-0.15, -0.1) is 0 Å². The van der Waals surface area contributed by atoms with Crippen LogP contribution in [0.3, 0.4) is 0 Å². The monoisotopic (exact) mass is 288 g/mol. The summed E-state index contributed by atoms with van der Waals surface area (Å²) in [6, 6.07) is 3.77. The highest BCUT2D eigenvalue weighted by Gasteiger charge is 2.22. The summed E-state index contributed by atoms with van der Waals surface area (Å²) in [5, 5.41) is 13.4. The number of fused-ring (bicyclic) bond motifs is 1. The molecule has 1 N–H and O–H groups in total. The highest BCUT2D eigenvalue weighted by Crippen LogP contribution is 2.19. The van der Waals surface area contributed by atoms with Gasteiger partial charge in [0.25, 0.3) is 0 Å². The van der Waals surface area contributed by atoms with Crippen LogP contribution in [0.1, 0.15) is 42.4 Å². The Labute approximate surface area is 123 Å². The zero-order chi connectivity index (χ0) is 14.8. The Bertz CT molecular complexity index is 652. The third-order valence-corrected chi connectivity index (χ3v) is 4.20. The summed E-state index contributed by atoms with van der Waals surface area (Å²) in [4.78, 5) is 18.0. The maximum atomic E-state index is 11.0. The van der Waals surface area contributed by atoms with E-state index in [0.29, 0.717) is 11.7 Å². The van der Waals surface area contributed by atoms with Crippen molar-refractivity contribution < 1.29 is 9.90 Å². The first-order valence-electron chi connectivity index (χ1n) is 7.50. The minimum atomic E-state index is -0.946. The van der Waals surface area contributed by atoms with Crippen molar-refractivity contribution in [2.24, 2.45) is 0 Å². The van der Waals surface area contributed by atoms with Crippen molar-refractivity contribution in [1.29, 1.82) is 0 Å². The molecule has 0 amide bonds. The number of likely N-dealkylation sites (tertiary alicyclic amines) is 1. The topological polar surface area (TPSA) is 70.7 Å². The van der Waals surface area contributed by atoms with Gasteiger partial charge in [-0.2, -0.15) is 5.10 Å². The Kier molecular flexibility index (Phi) is 3.88. The number of rotatable bonds is 4. The lowest BCUT2D eigenvalue weighted by atomic mass is 9.99. The summed E-state index contributed by atoms with van der Waals surface area (Å²) < 4.78 is 1.57. The lowest BCUT2D eigenvalue weighted by molar-refractivity contribution is 0.0696. The van der Waals surface area contributed by atoms with Crippen LogP contribution < -0.4 is 0 Å². The lowest BCUT2D eigenvalue weighted by Gasteiger charge is -2.34. The van der Waals surface area contributed by atoms with E-state index in [2.05, 4.69) is 21.9 Å². The van der Waals surface area contributed by atoms with Crippen LogP contribution in [0, 0.1) is 0 Å². The quantitative estimate of drug-likeness (QED) is 0.929. The van der Waals surface area contributed by atoms with Gasteiger partial charge >= 0.3 is 5.97 Å². The molecule has 1 atom stereocenters. The van der Waals surface area contributed by atoms with Crippen LogP contribution in [0.25, 0.3) is 5.65 Å². The summed E-state index contributed by atoms with van der Waals surface area (Å²) in [6.45, 7) is 4.40. The third-order valence-electron chi connectivity index (χ3n) is 4.20. The molecule has 3 rings (SSSR count). The molecule has 0 aromatic carbocycles. The standard InChI is InChI=1S/C15H20N4O2/c1-2-18-8-4-3-5-12(18)9-13-16-14-7-6-11(15(20)21)10-19(14)17-13/h6-7,10,12H,2-5,8-9H2,1H3,(H,20,21). The van der Waals surface area contributed by atoms with Crippen molar-refractivity contribution in [3.05, 3.63) is 29.7 Å². The van der Waals surface area contributed by atoms with E-state index in [9.17, 15) is 4.79 Å². The van der Waals surface area contributed by atoms with Crippen molar-refractivity contribution in [1.82, 2.24) is 19.5 Å². The molecule has 1 aliphatic heterocycles. The number of nitrogens with zero attached hydrogens (tertiary/aromatic N) is 4. The Morgan fingerprint density at radius 1 is 1.43 bits per heavy atom. The van der Waals surface area contributed by atoms with Crippen LogP contribution in [0.2, 0.25) is 0 Å². The summed E-state index contributed by atoms with van der Waals surface area (Å²) in [7, 11) is 0. The number of carboxylic acid groups (broad SMARTS) is 1. The molecule has 0 radical (unpaired) electrons. The molecular formula is C15H20N4O2. The van der Waals surface area contributed by atoms with Crippen molar-refractivity contribution in [3.63, 3.8) is 0 Å². The van der Waals surface area contributed by atoms with Gasteiger partial charge in [0.05, 0.1) is 5.56 Å². The molecule has 0 aliphatic carbocycles. The lowest BCUT2D eigenvalue weighted by Crippen LogP contribution is -2.40. The maximum Gasteiger partial charge on any atom is 0.337 e. The number of carboxylic acids is 1. The fourth-order valence-corrected chi connectivity index (χ4v) is 3.06. The van der Waals surface area contributed by atoms with E-state index in [-0.39, 0.29) is 5.56 Å². The number of piperidine rings is 1. The smallest absolute Gasteiger partial charge is 0.337 e. The molecule has 2 aromatic rings. The number of hydrogen-bond donors (Lipinski definition) is 1. The first-order valence-corrected chi connectivity index (χ1v) is 7.50. The van der Waals surface area contributed by atoms with E-state index in [1.165, 1.54) is 25.5 Å². The molecule has 1 saturated heterocycles. The highest BCUT2D eigenvalue weighted by atomic mass is 16.4. The second kappa shape index (κ2) is 5.81. The predicted octanol–water partition coefficient (Wildman–Crippen LogP) is 1.84. The Morgan fingerprint density at radius 3 is 3.05 bits per heavy atom.